The predicted molar refractivity (Wildman–Crippen MR) is 118 cm³/mol. The Morgan fingerprint density at radius 2 is 2.10 bits per heavy atom. The number of carbonyl (C=O) groups excluding carboxylic acids is 1. The van der Waals surface area contributed by atoms with Crippen molar-refractivity contribution in [1.29, 1.82) is 0 Å². The molecule has 1 aromatic rings. The number of anilines is 1. The van der Waals surface area contributed by atoms with E-state index in [-0.39, 0.29) is 17.6 Å². The van der Waals surface area contributed by atoms with Gasteiger partial charge in [-0.25, -0.2) is 0 Å². The van der Waals surface area contributed by atoms with Crippen LogP contribution in [-0.4, -0.2) is 54.3 Å². The summed E-state index contributed by atoms with van der Waals surface area (Å²) >= 11 is 1.67. The van der Waals surface area contributed by atoms with Crippen molar-refractivity contribution in [3.05, 3.63) is 11.8 Å². The lowest BCUT2D eigenvalue weighted by atomic mass is 9.90. The molecule has 8 heteroatoms. The third-order valence-electron chi connectivity index (χ3n) is 5.77. The highest BCUT2D eigenvalue weighted by Crippen LogP contribution is 2.31. The molecule has 0 radical (unpaired) electrons. The molecule has 2 atom stereocenters. The van der Waals surface area contributed by atoms with E-state index in [0.717, 1.165) is 63.4 Å². The van der Waals surface area contributed by atoms with Crippen LogP contribution < -0.4 is 5.32 Å². The Morgan fingerprint density at radius 1 is 1.27 bits per heavy atom. The van der Waals surface area contributed by atoms with Crippen molar-refractivity contribution in [2.45, 2.75) is 76.3 Å². The Labute approximate surface area is 183 Å². The number of ether oxygens (including phenoxy) is 3. The van der Waals surface area contributed by atoms with Crippen LogP contribution in [-0.2, 0) is 24.4 Å². The van der Waals surface area contributed by atoms with E-state index in [0.29, 0.717) is 18.4 Å². The van der Waals surface area contributed by atoms with E-state index in [1.54, 1.807) is 17.8 Å². The van der Waals surface area contributed by atoms with E-state index < -0.39 is 4.75 Å². The fraction of sp³-hybridized carbons (Fsp3) is 0.818. The monoisotopic (exact) mass is 440 g/mol. The molecule has 2 fully saturated rings. The third-order valence-corrected chi connectivity index (χ3v) is 7.11. The topological polar surface area (TPSA) is 82.8 Å². The molecule has 0 aliphatic carbocycles. The number of thioether (sulfide) groups is 1. The van der Waals surface area contributed by atoms with Crippen molar-refractivity contribution in [3.63, 3.8) is 0 Å². The molecular formula is C22H36N2O5S. The number of hydrogen-bond donors (Lipinski definition) is 1. The molecule has 1 N–H and O–H groups in total. The van der Waals surface area contributed by atoms with E-state index in [2.05, 4.69) is 10.5 Å². The van der Waals surface area contributed by atoms with Crippen LogP contribution in [0.25, 0.3) is 0 Å². The molecule has 7 nitrogen and oxygen atoms in total. The summed E-state index contributed by atoms with van der Waals surface area (Å²) in [6.45, 7) is 10.9. The Hall–Kier alpha value is -1.09. The van der Waals surface area contributed by atoms with E-state index in [4.69, 9.17) is 18.7 Å². The second kappa shape index (κ2) is 10.5. The minimum Gasteiger partial charge on any atom is -0.381 e. The van der Waals surface area contributed by atoms with Gasteiger partial charge in [0.25, 0.3) is 0 Å². The number of carbonyl (C=O) groups is 1. The highest BCUT2D eigenvalue weighted by atomic mass is 32.2. The number of aromatic nitrogens is 1. The van der Waals surface area contributed by atoms with Gasteiger partial charge in [-0.1, -0.05) is 19.0 Å². The highest BCUT2D eigenvalue weighted by Gasteiger charge is 2.32. The van der Waals surface area contributed by atoms with E-state index in [1.807, 2.05) is 27.7 Å². The average Bonchev–Trinajstić information content (AvgIpc) is 3.40. The lowest BCUT2D eigenvalue weighted by Gasteiger charge is -2.28. The smallest absolute Gasteiger partial charge is 0.242 e. The zero-order valence-electron chi connectivity index (χ0n) is 18.7. The molecule has 2 saturated heterocycles. The zero-order chi connectivity index (χ0) is 21.6. The van der Waals surface area contributed by atoms with Gasteiger partial charge in [0.2, 0.25) is 11.8 Å². The maximum atomic E-state index is 12.8. The predicted octanol–water partition coefficient (Wildman–Crippen LogP) is 4.37. The summed E-state index contributed by atoms with van der Waals surface area (Å²) in [5.41, 5.74) is 0.404. The summed E-state index contributed by atoms with van der Waals surface area (Å²) < 4.78 is 21.8. The molecule has 170 valence electrons. The lowest BCUT2D eigenvalue weighted by molar-refractivity contribution is -0.170. The molecule has 3 heterocycles. The van der Waals surface area contributed by atoms with Gasteiger partial charge in [0.1, 0.15) is 0 Å². The van der Waals surface area contributed by atoms with Crippen molar-refractivity contribution in [2.24, 2.45) is 5.92 Å². The lowest BCUT2D eigenvalue weighted by Crippen LogP contribution is -2.34. The fourth-order valence-electron chi connectivity index (χ4n) is 3.49. The van der Waals surface area contributed by atoms with Crippen molar-refractivity contribution >= 4 is 23.6 Å². The maximum Gasteiger partial charge on any atom is 0.242 e. The van der Waals surface area contributed by atoms with Gasteiger partial charge in [0.05, 0.1) is 17.0 Å². The minimum atomic E-state index is -0.552. The van der Waals surface area contributed by atoms with Gasteiger partial charge in [-0.15, -0.1) is 11.8 Å². The fourth-order valence-corrected chi connectivity index (χ4v) is 4.63. The van der Waals surface area contributed by atoms with Crippen molar-refractivity contribution in [1.82, 2.24) is 5.16 Å². The number of rotatable bonds is 10. The molecule has 0 aromatic carbocycles. The zero-order valence-corrected chi connectivity index (χ0v) is 19.5. The Bertz CT molecular complexity index is 679. The minimum absolute atomic E-state index is 0.0810. The van der Waals surface area contributed by atoms with Gasteiger partial charge in [0, 0.05) is 31.3 Å². The average molecular weight is 441 g/mol. The van der Waals surface area contributed by atoms with Crippen LogP contribution in [0.4, 0.5) is 5.88 Å². The molecule has 0 saturated carbocycles. The quantitative estimate of drug-likeness (QED) is 0.578. The highest BCUT2D eigenvalue weighted by molar-refractivity contribution is 8.01. The van der Waals surface area contributed by atoms with E-state index in [9.17, 15) is 4.79 Å². The van der Waals surface area contributed by atoms with Crippen LogP contribution in [0, 0.1) is 5.92 Å². The summed E-state index contributed by atoms with van der Waals surface area (Å²) in [5, 5.41) is 7.05. The second-order valence-electron chi connectivity index (χ2n) is 9.40. The summed E-state index contributed by atoms with van der Waals surface area (Å²) in [6.07, 6.45) is 5.22. The third kappa shape index (κ3) is 6.70. The number of nitrogens with one attached hydrogen (secondary N) is 1. The van der Waals surface area contributed by atoms with Gasteiger partial charge in [0.15, 0.2) is 6.29 Å². The molecule has 0 bridgehead atoms. The molecular weight excluding hydrogens is 404 g/mol. The van der Waals surface area contributed by atoms with Crippen LogP contribution in [0.15, 0.2) is 10.6 Å². The standard InChI is InChI=1S/C22H36N2O5S/c1-21(2,15-28-19-7-5-6-10-27-19)17-13-18(29-24-17)23-20(25)22(3,4)30-12-9-16-8-11-26-14-16/h13,16,19H,5-12,14-15H2,1-4H3,(H,23,25)/t16-,19?/m1/s1. The second-order valence-corrected chi connectivity index (χ2v) is 11.1. The van der Waals surface area contributed by atoms with Crippen molar-refractivity contribution in [3.8, 4) is 0 Å². The first kappa shape index (κ1) is 23.6. The Kier molecular flexibility index (Phi) is 8.24. The molecule has 30 heavy (non-hydrogen) atoms. The molecule has 1 aromatic heterocycles. The van der Waals surface area contributed by atoms with Gasteiger partial charge in [-0.2, -0.15) is 0 Å². The Balaban J connectivity index is 1.47. The summed E-state index contributed by atoms with van der Waals surface area (Å²) in [5.74, 6) is 1.85. The summed E-state index contributed by atoms with van der Waals surface area (Å²) in [7, 11) is 0. The normalized spacial score (nSPS) is 22.9. The van der Waals surface area contributed by atoms with Crippen LogP contribution in [0.5, 0.6) is 0 Å². The first-order chi connectivity index (χ1) is 14.3. The van der Waals surface area contributed by atoms with Gasteiger partial charge >= 0.3 is 0 Å². The molecule has 1 unspecified atom stereocenters. The van der Waals surface area contributed by atoms with Crippen molar-refractivity contribution in [2.75, 3.05) is 37.5 Å². The van der Waals surface area contributed by atoms with E-state index in [1.165, 1.54) is 0 Å². The summed E-state index contributed by atoms with van der Waals surface area (Å²) in [6, 6.07) is 1.79. The molecule has 3 rings (SSSR count). The molecule has 1 amide bonds. The molecule has 0 spiro atoms. The first-order valence-electron chi connectivity index (χ1n) is 11.0. The first-order valence-corrected chi connectivity index (χ1v) is 12.0. The van der Waals surface area contributed by atoms with E-state index >= 15 is 0 Å². The largest absolute Gasteiger partial charge is 0.381 e. The van der Waals surface area contributed by atoms with Crippen LogP contribution in [0.1, 0.15) is 65.5 Å². The van der Waals surface area contributed by atoms with Crippen LogP contribution >= 0.6 is 11.8 Å². The number of amides is 1. The van der Waals surface area contributed by atoms with Gasteiger partial charge in [-0.3, -0.25) is 10.1 Å². The maximum absolute atomic E-state index is 12.8. The van der Waals surface area contributed by atoms with Crippen LogP contribution in [0.2, 0.25) is 0 Å². The SMILES string of the molecule is CC(C)(SCC[C@H]1CCOC1)C(=O)Nc1cc(C(C)(C)COC2CCCCO2)no1. The number of nitrogens with zero attached hydrogens (tertiary/aromatic N) is 1. The summed E-state index contributed by atoms with van der Waals surface area (Å²) in [4.78, 5) is 12.8. The number of hydrogen-bond acceptors (Lipinski definition) is 7. The van der Waals surface area contributed by atoms with Gasteiger partial charge < -0.3 is 18.7 Å². The van der Waals surface area contributed by atoms with Crippen molar-refractivity contribution < 1.29 is 23.5 Å². The van der Waals surface area contributed by atoms with Gasteiger partial charge in [-0.05, 0) is 57.6 Å². The molecule has 2 aliphatic rings. The molecule has 2 aliphatic heterocycles. The van der Waals surface area contributed by atoms with Crippen LogP contribution in [0.3, 0.4) is 0 Å². The Morgan fingerprint density at radius 3 is 2.80 bits per heavy atom.